The van der Waals surface area contributed by atoms with Crippen LogP contribution in [-0.2, 0) is 0 Å². The Morgan fingerprint density at radius 1 is 1.40 bits per heavy atom. The molecule has 0 heterocycles. The van der Waals surface area contributed by atoms with Gasteiger partial charge in [-0.3, -0.25) is 4.79 Å². The average Bonchev–Trinajstić information content (AvgIpc) is 2.18. The fraction of sp³-hybridized carbons (Fsp3) is 0.417. The Bertz CT molecular complexity index is 361. The Balaban J connectivity index is 2.77. The summed E-state index contributed by atoms with van der Waals surface area (Å²) in [5.41, 5.74) is 1.33. The van der Waals surface area contributed by atoms with E-state index in [-0.39, 0.29) is 11.6 Å². The number of benzene rings is 1. The number of rotatable bonds is 4. The standard InChI is InChI=1S/C12H16FNO/c1-9-4-5-10(13)8-11(9)12(15)6-7-14(2)3/h4-5,8H,6-7H2,1-3H3. The van der Waals surface area contributed by atoms with Gasteiger partial charge in [-0.15, -0.1) is 0 Å². The molecule has 0 atom stereocenters. The molecular weight excluding hydrogens is 193 g/mol. The van der Waals surface area contributed by atoms with E-state index >= 15 is 0 Å². The molecular formula is C12H16FNO. The van der Waals surface area contributed by atoms with Gasteiger partial charge in [0.1, 0.15) is 5.82 Å². The fourth-order valence-electron chi connectivity index (χ4n) is 1.35. The number of carbonyl (C=O) groups is 1. The van der Waals surface area contributed by atoms with E-state index < -0.39 is 0 Å². The van der Waals surface area contributed by atoms with Crippen molar-refractivity contribution in [2.24, 2.45) is 0 Å². The second-order valence-corrected chi connectivity index (χ2v) is 3.94. The van der Waals surface area contributed by atoms with Gasteiger partial charge in [-0.1, -0.05) is 6.07 Å². The van der Waals surface area contributed by atoms with Crippen molar-refractivity contribution in [1.29, 1.82) is 0 Å². The number of hydrogen-bond donors (Lipinski definition) is 0. The van der Waals surface area contributed by atoms with Crippen LogP contribution in [-0.4, -0.2) is 31.3 Å². The number of aryl methyl sites for hydroxylation is 1. The molecule has 1 rings (SSSR count). The molecule has 3 heteroatoms. The predicted molar refractivity (Wildman–Crippen MR) is 58.6 cm³/mol. The topological polar surface area (TPSA) is 20.3 Å². The third-order valence-corrected chi connectivity index (χ3v) is 2.29. The lowest BCUT2D eigenvalue weighted by molar-refractivity contribution is 0.0971. The van der Waals surface area contributed by atoms with Crippen LogP contribution in [0, 0.1) is 12.7 Å². The van der Waals surface area contributed by atoms with E-state index in [0.29, 0.717) is 18.5 Å². The monoisotopic (exact) mass is 209 g/mol. The van der Waals surface area contributed by atoms with E-state index in [4.69, 9.17) is 0 Å². The lowest BCUT2D eigenvalue weighted by Crippen LogP contribution is -2.17. The van der Waals surface area contributed by atoms with Gasteiger partial charge >= 0.3 is 0 Å². The van der Waals surface area contributed by atoms with Crippen LogP contribution >= 0.6 is 0 Å². The summed E-state index contributed by atoms with van der Waals surface area (Å²) >= 11 is 0. The maximum atomic E-state index is 12.9. The number of halogens is 1. The summed E-state index contributed by atoms with van der Waals surface area (Å²) in [6, 6.07) is 4.32. The van der Waals surface area contributed by atoms with Gasteiger partial charge in [0.15, 0.2) is 5.78 Å². The molecule has 0 saturated heterocycles. The number of nitrogens with zero attached hydrogens (tertiary/aromatic N) is 1. The Kier molecular flexibility index (Phi) is 3.97. The van der Waals surface area contributed by atoms with E-state index in [9.17, 15) is 9.18 Å². The van der Waals surface area contributed by atoms with E-state index in [2.05, 4.69) is 0 Å². The average molecular weight is 209 g/mol. The van der Waals surface area contributed by atoms with Gasteiger partial charge in [0.05, 0.1) is 0 Å². The molecule has 0 aliphatic heterocycles. The lowest BCUT2D eigenvalue weighted by Gasteiger charge is -2.09. The molecule has 0 radical (unpaired) electrons. The molecule has 0 unspecified atom stereocenters. The van der Waals surface area contributed by atoms with Crippen LogP contribution in [0.5, 0.6) is 0 Å². The third-order valence-electron chi connectivity index (χ3n) is 2.29. The minimum Gasteiger partial charge on any atom is -0.309 e. The zero-order valence-corrected chi connectivity index (χ0v) is 9.38. The summed E-state index contributed by atoms with van der Waals surface area (Å²) in [7, 11) is 3.82. The molecule has 0 amide bonds. The lowest BCUT2D eigenvalue weighted by atomic mass is 10.0. The smallest absolute Gasteiger partial charge is 0.164 e. The summed E-state index contributed by atoms with van der Waals surface area (Å²) < 4.78 is 12.9. The third kappa shape index (κ3) is 3.44. The largest absolute Gasteiger partial charge is 0.309 e. The van der Waals surface area contributed by atoms with Crippen molar-refractivity contribution < 1.29 is 9.18 Å². The first kappa shape index (κ1) is 11.9. The fourth-order valence-corrected chi connectivity index (χ4v) is 1.35. The highest BCUT2D eigenvalue weighted by Crippen LogP contribution is 2.12. The zero-order chi connectivity index (χ0) is 11.4. The summed E-state index contributed by atoms with van der Waals surface area (Å²) in [4.78, 5) is 13.7. The van der Waals surface area contributed by atoms with Crippen molar-refractivity contribution in [2.75, 3.05) is 20.6 Å². The Morgan fingerprint density at radius 3 is 2.67 bits per heavy atom. The molecule has 0 aromatic heterocycles. The predicted octanol–water partition coefficient (Wildman–Crippen LogP) is 2.27. The van der Waals surface area contributed by atoms with Crippen molar-refractivity contribution in [2.45, 2.75) is 13.3 Å². The second kappa shape index (κ2) is 5.03. The summed E-state index contributed by atoms with van der Waals surface area (Å²) in [6.45, 7) is 2.51. The normalized spacial score (nSPS) is 10.7. The van der Waals surface area contributed by atoms with Gasteiger partial charge in [0.2, 0.25) is 0 Å². The molecule has 15 heavy (non-hydrogen) atoms. The van der Waals surface area contributed by atoms with Crippen molar-refractivity contribution in [1.82, 2.24) is 4.90 Å². The van der Waals surface area contributed by atoms with Gasteiger partial charge in [-0.2, -0.15) is 0 Å². The maximum absolute atomic E-state index is 12.9. The minimum absolute atomic E-state index is 0.000648. The first-order valence-corrected chi connectivity index (χ1v) is 4.95. The van der Waals surface area contributed by atoms with Gasteiger partial charge in [-0.25, -0.2) is 4.39 Å². The molecule has 0 fully saturated rings. The number of carbonyl (C=O) groups excluding carboxylic acids is 1. The molecule has 0 saturated carbocycles. The highest BCUT2D eigenvalue weighted by molar-refractivity contribution is 5.97. The van der Waals surface area contributed by atoms with E-state index in [1.54, 1.807) is 6.07 Å². The first-order chi connectivity index (χ1) is 7.00. The van der Waals surface area contributed by atoms with Gasteiger partial charge in [0.25, 0.3) is 0 Å². The quantitative estimate of drug-likeness (QED) is 0.709. The highest BCUT2D eigenvalue weighted by Gasteiger charge is 2.10. The first-order valence-electron chi connectivity index (χ1n) is 4.95. The molecule has 0 spiro atoms. The number of hydrogen-bond acceptors (Lipinski definition) is 2. The molecule has 0 aliphatic carbocycles. The van der Waals surface area contributed by atoms with Crippen molar-refractivity contribution in [3.8, 4) is 0 Å². The maximum Gasteiger partial charge on any atom is 0.164 e. The SMILES string of the molecule is Cc1ccc(F)cc1C(=O)CCN(C)C. The Morgan fingerprint density at radius 2 is 2.07 bits per heavy atom. The molecule has 0 aliphatic rings. The summed E-state index contributed by atoms with van der Waals surface area (Å²) in [6.07, 6.45) is 0.428. The Labute approximate surface area is 89.7 Å². The van der Waals surface area contributed by atoms with Gasteiger partial charge in [0, 0.05) is 18.5 Å². The van der Waals surface area contributed by atoms with Crippen LogP contribution in [0.25, 0.3) is 0 Å². The molecule has 1 aromatic rings. The minimum atomic E-state index is -0.353. The van der Waals surface area contributed by atoms with E-state index in [1.165, 1.54) is 12.1 Å². The van der Waals surface area contributed by atoms with E-state index in [0.717, 1.165) is 5.56 Å². The summed E-state index contributed by atoms with van der Waals surface area (Å²) in [5.74, 6) is -0.352. The number of ketones is 1. The highest BCUT2D eigenvalue weighted by atomic mass is 19.1. The molecule has 0 N–H and O–H groups in total. The van der Waals surface area contributed by atoms with E-state index in [1.807, 2.05) is 25.9 Å². The van der Waals surface area contributed by atoms with Crippen LogP contribution < -0.4 is 0 Å². The van der Waals surface area contributed by atoms with Crippen molar-refractivity contribution >= 4 is 5.78 Å². The van der Waals surface area contributed by atoms with Crippen LogP contribution in [0.1, 0.15) is 22.3 Å². The zero-order valence-electron chi connectivity index (χ0n) is 9.38. The molecule has 2 nitrogen and oxygen atoms in total. The second-order valence-electron chi connectivity index (χ2n) is 3.94. The van der Waals surface area contributed by atoms with Crippen LogP contribution in [0.15, 0.2) is 18.2 Å². The molecule has 0 bridgehead atoms. The number of Topliss-reactive ketones (excluding diaryl/α,β-unsaturated/α-hetero) is 1. The Hall–Kier alpha value is -1.22. The van der Waals surface area contributed by atoms with Crippen LogP contribution in [0.2, 0.25) is 0 Å². The summed E-state index contributed by atoms with van der Waals surface area (Å²) in [5, 5.41) is 0. The van der Waals surface area contributed by atoms with Gasteiger partial charge in [-0.05, 0) is 38.7 Å². The van der Waals surface area contributed by atoms with Crippen LogP contribution in [0.3, 0.4) is 0 Å². The molecule has 82 valence electrons. The van der Waals surface area contributed by atoms with Gasteiger partial charge < -0.3 is 4.90 Å². The van der Waals surface area contributed by atoms with Crippen molar-refractivity contribution in [3.05, 3.63) is 35.1 Å². The molecule has 1 aromatic carbocycles. The van der Waals surface area contributed by atoms with Crippen LogP contribution in [0.4, 0.5) is 4.39 Å². The van der Waals surface area contributed by atoms with Crippen molar-refractivity contribution in [3.63, 3.8) is 0 Å².